The molecule has 0 saturated carbocycles. The van der Waals surface area contributed by atoms with E-state index in [1.807, 2.05) is 12.1 Å². The van der Waals surface area contributed by atoms with Gasteiger partial charge in [-0.25, -0.2) is 4.98 Å². The van der Waals surface area contributed by atoms with E-state index < -0.39 is 0 Å². The van der Waals surface area contributed by atoms with Crippen LogP contribution >= 0.6 is 0 Å². The quantitative estimate of drug-likeness (QED) is 0.466. The highest BCUT2D eigenvalue weighted by atomic mass is 16.5. The van der Waals surface area contributed by atoms with Crippen molar-refractivity contribution in [2.45, 2.75) is 32.9 Å². The van der Waals surface area contributed by atoms with Crippen molar-refractivity contribution in [1.82, 2.24) is 9.55 Å². The van der Waals surface area contributed by atoms with Gasteiger partial charge in [0.05, 0.1) is 11.0 Å². The van der Waals surface area contributed by atoms with Crippen LogP contribution in [0.15, 0.2) is 66.7 Å². The highest BCUT2D eigenvalue weighted by Crippen LogP contribution is 2.25. The van der Waals surface area contributed by atoms with Gasteiger partial charge in [0.15, 0.2) is 0 Å². The number of benzene rings is 3. The Hall–Kier alpha value is -2.81. The lowest BCUT2D eigenvalue weighted by atomic mass is 10.1. The Morgan fingerprint density at radius 2 is 1.72 bits per heavy atom. The van der Waals surface area contributed by atoms with Gasteiger partial charge in [0.1, 0.15) is 18.2 Å². The Labute approximate surface area is 147 Å². The molecule has 0 bridgehead atoms. The maximum absolute atomic E-state index is 6.08. The summed E-state index contributed by atoms with van der Waals surface area (Å²) in [6.45, 7) is 4.90. The molecular formula is C22H22N2O. The number of ether oxygens (including phenoxy) is 1. The molecule has 1 atom stereocenters. The maximum Gasteiger partial charge on any atom is 0.148 e. The van der Waals surface area contributed by atoms with E-state index in [2.05, 4.69) is 73.0 Å². The highest BCUT2D eigenvalue weighted by Gasteiger charge is 2.15. The number of hydrogen-bond acceptors (Lipinski definition) is 2. The molecule has 25 heavy (non-hydrogen) atoms. The minimum absolute atomic E-state index is 0.391. The normalized spacial score (nSPS) is 12.6. The van der Waals surface area contributed by atoms with Crippen molar-refractivity contribution < 1.29 is 4.74 Å². The molecule has 3 heteroatoms. The fraction of sp³-hybridized carbons (Fsp3) is 0.227. The van der Waals surface area contributed by atoms with Crippen LogP contribution < -0.4 is 4.74 Å². The number of imidazole rings is 1. The molecule has 1 aromatic heterocycles. The molecular weight excluding hydrogens is 308 g/mol. The molecule has 4 rings (SSSR count). The van der Waals surface area contributed by atoms with Crippen LogP contribution in [-0.4, -0.2) is 9.55 Å². The standard InChI is InChI=1S/C22H22N2O/c1-3-16(2)24-21-11-7-6-10-20(21)23-22(24)15-25-19-13-12-17-8-4-5-9-18(17)14-19/h4-14,16H,3,15H2,1-2H3. The third-order valence-corrected chi connectivity index (χ3v) is 4.79. The maximum atomic E-state index is 6.08. The third-order valence-electron chi connectivity index (χ3n) is 4.79. The molecule has 0 aliphatic heterocycles. The molecule has 0 radical (unpaired) electrons. The van der Waals surface area contributed by atoms with Crippen LogP contribution in [0.2, 0.25) is 0 Å². The van der Waals surface area contributed by atoms with Crippen molar-refractivity contribution in [2.24, 2.45) is 0 Å². The molecule has 0 aliphatic carbocycles. The second-order valence-electron chi connectivity index (χ2n) is 6.44. The van der Waals surface area contributed by atoms with Crippen molar-refractivity contribution in [3.63, 3.8) is 0 Å². The lowest BCUT2D eigenvalue weighted by Crippen LogP contribution is -2.11. The number of para-hydroxylation sites is 2. The summed E-state index contributed by atoms with van der Waals surface area (Å²) in [6.07, 6.45) is 1.06. The van der Waals surface area contributed by atoms with Crippen LogP contribution in [-0.2, 0) is 6.61 Å². The van der Waals surface area contributed by atoms with Crippen LogP contribution in [0.1, 0.15) is 32.1 Å². The van der Waals surface area contributed by atoms with Crippen LogP contribution in [0.3, 0.4) is 0 Å². The molecule has 0 N–H and O–H groups in total. The topological polar surface area (TPSA) is 27.1 Å². The number of nitrogens with zero attached hydrogens (tertiary/aromatic N) is 2. The van der Waals surface area contributed by atoms with Crippen molar-refractivity contribution in [3.05, 3.63) is 72.6 Å². The first kappa shape index (κ1) is 15.7. The lowest BCUT2D eigenvalue weighted by molar-refractivity contribution is 0.286. The summed E-state index contributed by atoms with van der Waals surface area (Å²) in [4.78, 5) is 4.80. The predicted octanol–water partition coefficient (Wildman–Crippen LogP) is 5.74. The fourth-order valence-electron chi connectivity index (χ4n) is 3.28. The summed E-state index contributed by atoms with van der Waals surface area (Å²) < 4.78 is 8.38. The van der Waals surface area contributed by atoms with Crippen molar-refractivity contribution in [2.75, 3.05) is 0 Å². The highest BCUT2D eigenvalue weighted by molar-refractivity contribution is 5.83. The molecule has 4 aromatic rings. The van der Waals surface area contributed by atoms with Gasteiger partial charge in [-0.2, -0.15) is 0 Å². The van der Waals surface area contributed by atoms with E-state index >= 15 is 0 Å². The van der Waals surface area contributed by atoms with E-state index in [1.54, 1.807) is 0 Å². The van der Waals surface area contributed by atoms with Crippen LogP contribution in [0.25, 0.3) is 21.8 Å². The van der Waals surface area contributed by atoms with E-state index in [9.17, 15) is 0 Å². The fourth-order valence-corrected chi connectivity index (χ4v) is 3.28. The van der Waals surface area contributed by atoms with Crippen LogP contribution in [0.5, 0.6) is 5.75 Å². The molecule has 0 saturated heterocycles. The summed E-state index contributed by atoms with van der Waals surface area (Å²) in [5, 5.41) is 2.41. The van der Waals surface area contributed by atoms with Crippen molar-refractivity contribution in [3.8, 4) is 5.75 Å². The lowest BCUT2D eigenvalue weighted by Gasteiger charge is -2.16. The summed E-state index contributed by atoms with van der Waals surface area (Å²) in [7, 11) is 0. The Balaban J connectivity index is 1.65. The second kappa shape index (κ2) is 6.60. The Bertz CT molecular complexity index is 1020. The van der Waals surface area contributed by atoms with Gasteiger partial charge in [-0.1, -0.05) is 49.4 Å². The van der Waals surface area contributed by atoms with Gasteiger partial charge in [-0.15, -0.1) is 0 Å². The zero-order chi connectivity index (χ0) is 17.2. The second-order valence-corrected chi connectivity index (χ2v) is 6.44. The molecule has 1 heterocycles. The minimum Gasteiger partial charge on any atom is -0.486 e. The van der Waals surface area contributed by atoms with Gasteiger partial charge in [0, 0.05) is 6.04 Å². The van der Waals surface area contributed by atoms with Crippen LogP contribution in [0.4, 0.5) is 0 Å². The zero-order valence-electron chi connectivity index (χ0n) is 14.6. The van der Waals surface area contributed by atoms with E-state index in [1.165, 1.54) is 16.3 Å². The molecule has 3 aromatic carbocycles. The summed E-state index contributed by atoms with van der Waals surface area (Å²) in [5.41, 5.74) is 2.20. The number of rotatable bonds is 5. The summed E-state index contributed by atoms with van der Waals surface area (Å²) in [5.74, 6) is 1.85. The summed E-state index contributed by atoms with van der Waals surface area (Å²) >= 11 is 0. The molecule has 0 spiro atoms. The smallest absolute Gasteiger partial charge is 0.148 e. The molecule has 0 fully saturated rings. The Morgan fingerprint density at radius 1 is 0.960 bits per heavy atom. The molecule has 3 nitrogen and oxygen atoms in total. The monoisotopic (exact) mass is 330 g/mol. The molecule has 0 amide bonds. The molecule has 0 aliphatic rings. The van der Waals surface area contributed by atoms with E-state index in [0.717, 1.165) is 23.5 Å². The molecule has 126 valence electrons. The average Bonchev–Trinajstić information content (AvgIpc) is 3.04. The average molecular weight is 330 g/mol. The first-order valence-corrected chi connectivity index (χ1v) is 8.83. The largest absolute Gasteiger partial charge is 0.486 e. The van der Waals surface area contributed by atoms with E-state index in [4.69, 9.17) is 9.72 Å². The third kappa shape index (κ3) is 2.98. The van der Waals surface area contributed by atoms with Gasteiger partial charge in [0.2, 0.25) is 0 Å². The minimum atomic E-state index is 0.391. The van der Waals surface area contributed by atoms with Gasteiger partial charge in [-0.05, 0) is 48.4 Å². The zero-order valence-corrected chi connectivity index (χ0v) is 14.6. The van der Waals surface area contributed by atoms with Crippen LogP contribution in [0, 0.1) is 0 Å². The number of aromatic nitrogens is 2. The van der Waals surface area contributed by atoms with Gasteiger partial charge in [-0.3, -0.25) is 0 Å². The SMILES string of the molecule is CCC(C)n1c(COc2ccc3ccccc3c2)nc2ccccc21. The molecule has 1 unspecified atom stereocenters. The van der Waals surface area contributed by atoms with Gasteiger partial charge < -0.3 is 9.30 Å². The Morgan fingerprint density at radius 3 is 2.56 bits per heavy atom. The first-order valence-electron chi connectivity index (χ1n) is 8.83. The Kier molecular flexibility index (Phi) is 4.14. The van der Waals surface area contributed by atoms with Crippen molar-refractivity contribution >= 4 is 21.8 Å². The van der Waals surface area contributed by atoms with Gasteiger partial charge >= 0.3 is 0 Å². The summed E-state index contributed by atoms with van der Waals surface area (Å²) in [6, 6.07) is 23.2. The number of fused-ring (bicyclic) bond motifs is 2. The van der Waals surface area contributed by atoms with E-state index in [-0.39, 0.29) is 0 Å². The van der Waals surface area contributed by atoms with E-state index in [0.29, 0.717) is 12.6 Å². The first-order chi connectivity index (χ1) is 12.3. The van der Waals surface area contributed by atoms with Gasteiger partial charge in [0.25, 0.3) is 0 Å². The predicted molar refractivity (Wildman–Crippen MR) is 103 cm³/mol. The number of hydrogen-bond donors (Lipinski definition) is 0. The van der Waals surface area contributed by atoms with Crippen molar-refractivity contribution in [1.29, 1.82) is 0 Å².